The molecule has 7 heteroatoms. The molecule has 2 aromatic rings. The van der Waals surface area contributed by atoms with Crippen molar-refractivity contribution in [2.75, 3.05) is 45.3 Å². The van der Waals surface area contributed by atoms with Crippen molar-refractivity contribution in [3.8, 4) is 11.5 Å². The molecule has 0 spiro atoms. The average Bonchev–Trinajstić information content (AvgIpc) is 2.67. The minimum atomic E-state index is -0.593. The fraction of sp³-hybridized carbons (Fsp3) is 0.316. The Balaban J connectivity index is 1.70. The van der Waals surface area contributed by atoms with Crippen LogP contribution in [0.4, 0.5) is 10.1 Å². The Morgan fingerprint density at radius 3 is 2.35 bits per heavy atom. The van der Waals surface area contributed by atoms with Gasteiger partial charge in [0, 0.05) is 37.9 Å². The zero-order valence-corrected chi connectivity index (χ0v) is 15.4. The zero-order valence-electron chi connectivity index (χ0n) is 14.7. The number of hydrogen-bond acceptors (Lipinski definition) is 4. The van der Waals surface area contributed by atoms with Crippen molar-refractivity contribution < 1.29 is 18.7 Å². The van der Waals surface area contributed by atoms with Gasteiger partial charge in [0.25, 0.3) is 5.91 Å². The number of anilines is 1. The highest BCUT2D eigenvalue weighted by atomic mass is 35.5. The summed E-state index contributed by atoms with van der Waals surface area (Å²) in [6.07, 6.45) is 0. The maximum atomic E-state index is 14.0. The molecule has 1 aliphatic rings. The van der Waals surface area contributed by atoms with Crippen molar-refractivity contribution in [3.05, 3.63) is 52.8 Å². The van der Waals surface area contributed by atoms with Gasteiger partial charge in [0.2, 0.25) is 0 Å². The van der Waals surface area contributed by atoms with Gasteiger partial charge in [-0.05, 0) is 24.3 Å². The van der Waals surface area contributed by atoms with Crippen molar-refractivity contribution in [2.24, 2.45) is 0 Å². The quantitative estimate of drug-likeness (QED) is 0.817. The van der Waals surface area contributed by atoms with Gasteiger partial charge in [-0.3, -0.25) is 4.79 Å². The van der Waals surface area contributed by atoms with Crippen LogP contribution in [-0.4, -0.2) is 51.2 Å². The maximum absolute atomic E-state index is 14.0. The molecule has 0 atom stereocenters. The third-order valence-corrected chi connectivity index (χ3v) is 4.79. The second-order valence-electron chi connectivity index (χ2n) is 5.92. The van der Waals surface area contributed by atoms with E-state index >= 15 is 0 Å². The van der Waals surface area contributed by atoms with E-state index in [2.05, 4.69) is 4.90 Å². The molecule has 1 fully saturated rings. The summed E-state index contributed by atoms with van der Waals surface area (Å²) < 4.78 is 24.6. The number of piperazine rings is 1. The van der Waals surface area contributed by atoms with Gasteiger partial charge in [0.05, 0.1) is 24.8 Å². The number of carbonyl (C=O) groups excluding carboxylic acids is 1. The summed E-state index contributed by atoms with van der Waals surface area (Å²) in [6.45, 7) is 2.23. The van der Waals surface area contributed by atoms with Gasteiger partial charge < -0.3 is 19.3 Å². The number of benzene rings is 2. The number of hydrogen-bond donors (Lipinski definition) is 0. The number of amides is 1. The summed E-state index contributed by atoms with van der Waals surface area (Å²) in [7, 11) is 3.19. The van der Waals surface area contributed by atoms with Gasteiger partial charge in [-0.1, -0.05) is 17.7 Å². The molecule has 0 radical (unpaired) electrons. The fourth-order valence-corrected chi connectivity index (χ4v) is 3.29. The van der Waals surface area contributed by atoms with Crippen LogP contribution in [-0.2, 0) is 0 Å². The lowest BCUT2D eigenvalue weighted by Crippen LogP contribution is -2.49. The molecule has 3 rings (SSSR count). The van der Waals surface area contributed by atoms with Crippen molar-refractivity contribution in [1.29, 1.82) is 0 Å². The summed E-state index contributed by atoms with van der Waals surface area (Å²) in [4.78, 5) is 16.4. The van der Waals surface area contributed by atoms with E-state index in [-0.39, 0.29) is 16.5 Å². The molecule has 5 nitrogen and oxygen atoms in total. The monoisotopic (exact) mass is 378 g/mol. The molecule has 2 aromatic carbocycles. The number of ether oxygens (including phenoxy) is 2. The molecule has 1 amide bonds. The molecule has 0 N–H and O–H groups in total. The van der Waals surface area contributed by atoms with Crippen LogP contribution in [0, 0.1) is 5.82 Å². The summed E-state index contributed by atoms with van der Waals surface area (Å²) in [6, 6.07) is 9.97. The first kappa shape index (κ1) is 18.3. The molecule has 0 aliphatic carbocycles. The molecule has 1 saturated heterocycles. The minimum absolute atomic E-state index is 0.0614. The second-order valence-corrected chi connectivity index (χ2v) is 6.32. The van der Waals surface area contributed by atoms with E-state index in [1.165, 1.54) is 18.2 Å². The van der Waals surface area contributed by atoms with Crippen LogP contribution in [0.2, 0.25) is 5.02 Å². The van der Waals surface area contributed by atoms with Crippen molar-refractivity contribution in [1.82, 2.24) is 4.90 Å². The van der Waals surface area contributed by atoms with E-state index in [1.54, 1.807) is 19.1 Å². The lowest BCUT2D eigenvalue weighted by atomic mass is 10.1. The van der Waals surface area contributed by atoms with Crippen molar-refractivity contribution >= 4 is 23.2 Å². The lowest BCUT2D eigenvalue weighted by molar-refractivity contribution is 0.0742. The highest BCUT2D eigenvalue weighted by Gasteiger charge is 2.26. The van der Waals surface area contributed by atoms with Crippen LogP contribution in [0.25, 0.3) is 0 Å². The van der Waals surface area contributed by atoms with Gasteiger partial charge in [-0.2, -0.15) is 0 Å². The molecule has 26 heavy (non-hydrogen) atoms. The van der Waals surface area contributed by atoms with Crippen molar-refractivity contribution in [3.63, 3.8) is 0 Å². The van der Waals surface area contributed by atoms with Gasteiger partial charge in [0.1, 0.15) is 5.82 Å². The zero-order chi connectivity index (χ0) is 18.7. The van der Waals surface area contributed by atoms with E-state index in [1.807, 2.05) is 18.2 Å². The Bertz CT molecular complexity index is 787. The van der Waals surface area contributed by atoms with Crippen molar-refractivity contribution in [2.45, 2.75) is 0 Å². The number of nitrogens with zero attached hydrogens (tertiary/aromatic N) is 2. The van der Waals surface area contributed by atoms with Crippen LogP contribution in [0.5, 0.6) is 11.5 Å². The van der Waals surface area contributed by atoms with Crippen LogP contribution >= 0.6 is 11.6 Å². The first-order valence-electron chi connectivity index (χ1n) is 8.25. The van der Waals surface area contributed by atoms with Crippen LogP contribution in [0.1, 0.15) is 10.4 Å². The average molecular weight is 379 g/mol. The Morgan fingerprint density at radius 2 is 1.73 bits per heavy atom. The molecule has 0 saturated carbocycles. The molecule has 1 heterocycles. The highest BCUT2D eigenvalue weighted by Crippen LogP contribution is 2.32. The van der Waals surface area contributed by atoms with Gasteiger partial charge in [-0.15, -0.1) is 0 Å². The van der Waals surface area contributed by atoms with E-state index in [9.17, 15) is 9.18 Å². The maximum Gasteiger partial charge on any atom is 0.258 e. The highest BCUT2D eigenvalue weighted by molar-refractivity contribution is 6.33. The Hall–Kier alpha value is -2.47. The predicted molar refractivity (Wildman–Crippen MR) is 99.1 cm³/mol. The lowest BCUT2D eigenvalue weighted by Gasteiger charge is -2.36. The molecule has 1 aliphatic heterocycles. The number of rotatable bonds is 4. The number of halogens is 2. The van der Waals surface area contributed by atoms with Crippen LogP contribution in [0.3, 0.4) is 0 Å². The smallest absolute Gasteiger partial charge is 0.258 e. The Labute approximate surface area is 156 Å². The van der Waals surface area contributed by atoms with E-state index in [0.29, 0.717) is 37.7 Å². The largest absolute Gasteiger partial charge is 0.493 e. The first-order chi connectivity index (χ1) is 12.5. The normalized spacial score (nSPS) is 14.3. The molecule has 138 valence electrons. The summed E-state index contributed by atoms with van der Waals surface area (Å²) in [5.74, 6) is 0.353. The number of carbonyl (C=O) groups is 1. The molecule has 0 bridgehead atoms. The third kappa shape index (κ3) is 3.55. The fourth-order valence-electron chi connectivity index (χ4n) is 3.05. The SMILES string of the molecule is COc1ccc(N2CCN(C(=O)c3c(F)cccc3Cl)CC2)cc1OC. The third-order valence-electron chi connectivity index (χ3n) is 4.48. The predicted octanol–water partition coefficient (Wildman–Crippen LogP) is 3.46. The van der Waals surface area contributed by atoms with E-state index < -0.39 is 5.82 Å². The summed E-state index contributed by atoms with van der Waals surface area (Å²) in [5, 5.41) is 0.136. The molecule has 0 aromatic heterocycles. The van der Waals surface area contributed by atoms with E-state index in [0.717, 1.165) is 5.69 Å². The van der Waals surface area contributed by atoms with Gasteiger partial charge >= 0.3 is 0 Å². The van der Waals surface area contributed by atoms with Crippen LogP contribution < -0.4 is 14.4 Å². The second kappa shape index (κ2) is 7.83. The minimum Gasteiger partial charge on any atom is -0.493 e. The van der Waals surface area contributed by atoms with Gasteiger partial charge in [-0.25, -0.2) is 4.39 Å². The Morgan fingerprint density at radius 1 is 1.04 bits per heavy atom. The number of methoxy groups -OCH3 is 2. The van der Waals surface area contributed by atoms with Gasteiger partial charge in [0.15, 0.2) is 11.5 Å². The Kier molecular flexibility index (Phi) is 5.52. The summed E-state index contributed by atoms with van der Waals surface area (Å²) in [5.41, 5.74) is 0.924. The topological polar surface area (TPSA) is 42.0 Å². The molecular formula is C19H20ClFN2O3. The first-order valence-corrected chi connectivity index (χ1v) is 8.63. The molecule has 0 unspecified atom stereocenters. The van der Waals surface area contributed by atoms with E-state index in [4.69, 9.17) is 21.1 Å². The standard InChI is InChI=1S/C19H20ClFN2O3/c1-25-16-7-6-13(12-17(16)26-2)22-8-10-23(11-9-22)19(24)18-14(20)4-3-5-15(18)21/h3-7,12H,8-11H2,1-2H3. The molecular weight excluding hydrogens is 359 g/mol. The van der Waals surface area contributed by atoms with Crippen LogP contribution in [0.15, 0.2) is 36.4 Å². The summed E-state index contributed by atoms with van der Waals surface area (Å²) >= 11 is 6.01.